The van der Waals surface area contributed by atoms with E-state index in [0.717, 1.165) is 12.8 Å². The summed E-state index contributed by atoms with van der Waals surface area (Å²) < 4.78 is 0. The molecule has 0 aromatic heterocycles. The molecule has 0 saturated heterocycles. The second-order valence-corrected chi connectivity index (χ2v) is 4.29. The molecule has 0 spiro atoms. The lowest BCUT2D eigenvalue weighted by Gasteiger charge is -1.99. The number of aliphatic hydroxyl groups excluding tert-OH is 1. The van der Waals surface area contributed by atoms with Crippen molar-refractivity contribution < 1.29 is 15.0 Å². The molecule has 0 fully saturated rings. The minimum Gasteiger partial charge on any atom is -0.481 e. The monoisotopic (exact) mass is 240 g/mol. The highest BCUT2D eigenvalue weighted by Crippen LogP contribution is 2.06. The van der Waals surface area contributed by atoms with Gasteiger partial charge in [-0.25, -0.2) is 0 Å². The third-order valence-electron chi connectivity index (χ3n) is 2.56. The van der Waals surface area contributed by atoms with Gasteiger partial charge in [-0.3, -0.25) is 4.79 Å². The highest BCUT2D eigenvalue weighted by molar-refractivity contribution is 5.66. The quantitative estimate of drug-likeness (QED) is 0.481. The molecule has 0 radical (unpaired) electrons. The van der Waals surface area contributed by atoms with Gasteiger partial charge in [0.15, 0.2) is 0 Å². The van der Waals surface area contributed by atoms with E-state index in [4.69, 9.17) is 5.11 Å². The maximum absolute atomic E-state index is 10.2. The van der Waals surface area contributed by atoms with Crippen molar-refractivity contribution >= 4 is 5.97 Å². The van der Waals surface area contributed by atoms with Gasteiger partial charge in [-0.2, -0.15) is 0 Å². The van der Waals surface area contributed by atoms with Crippen LogP contribution in [0.4, 0.5) is 0 Å². The van der Waals surface area contributed by atoms with Gasteiger partial charge >= 0.3 is 5.97 Å². The maximum atomic E-state index is 10.2. The fourth-order valence-electron chi connectivity index (χ4n) is 1.52. The summed E-state index contributed by atoms with van der Waals surface area (Å²) in [6.45, 7) is 2.20. The smallest absolute Gasteiger partial charge is 0.303 e. The van der Waals surface area contributed by atoms with Gasteiger partial charge < -0.3 is 10.2 Å². The number of aliphatic carboxylic acids is 1. The molecule has 3 heteroatoms. The fraction of sp³-hybridized carbons (Fsp3) is 0.786. The van der Waals surface area contributed by atoms with Crippen molar-refractivity contribution in [1.29, 1.82) is 0 Å². The topological polar surface area (TPSA) is 57.5 Å². The Kier molecular flexibility index (Phi) is 10.8. The molecular weight excluding hydrogens is 216 g/mol. The van der Waals surface area contributed by atoms with Crippen LogP contribution in [0.2, 0.25) is 0 Å². The largest absolute Gasteiger partial charge is 0.481 e. The van der Waals surface area contributed by atoms with Crippen LogP contribution in [0.1, 0.15) is 64.7 Å². The lowest BCUT2D eigenvalue weighted by molar-refractivity contribution is -0.137. The highest BCUT2D eigenvalue weighted by Gasteiger charge is 2.02. The van der Waals surface area contributed by atoms with Crippen molar-refractivity contribution in [3.8, 4) is 11.8 Å². The molecule has 0 aliphatic carbocycles. The van der Waals surface area contributed by atoms with Gasteiger partial charge in [-0.1, -0.05) is 44.9 Å². The molecule has 0 heterocycles. The van der Waals surface area contributed by atoms with Gasteiger partial charge in [0, 0.05) is 12.8 Å². The molecule has 0 aliphatic rings. The number of rotatable bonds is 9. The Morgan fingerprint density at radius 1 is 1.18 bits per heavy atom. The number of hydrogen-bond donors (Lipinski definition) is 2. The molecule has 0 aromatic rings. The summed E-state index contributed by atoms with van der Waals surface area (Å²) >= 11 is 0. The van der Waals surface area contributed by atoms with Crippen LogP contribution in [0.3, 0.4) is 0 Å². The van der Waals surface area contributed by atoms with Crippen LogP contribution >= 0.6 is 0 Å². The molecule has 0 aliphatic heterocycles. The second-order valence-electron chi connectivity index (χ2n) is 4.29. The highest BCUT2D eigenvalue weighted by atomic mass is 16.4. The Hall–Kier alpha value is -1.01. The Labute approximate surface area is 104 Å². The number of aliphatic hydroxyl groups is 1. The Morgan fingerprint density at radius 2 is 1.82 bits per heavy atom. The first-order valence-corrected chi connectivity index (χ1v) is 6.55. The molecule has 0 amide bonds. The summed E-state index contributed by atoms with van der Waals surface area (Å²) in [5.74, 6) is 4.70. The van der Waals surface area contributed by atoms with Crippen LogP contribution in [0.25, 0.3) is 0 Å². The zero-order valence-electron chi connectivity index (χ0n) is 10.7. The first kappa shape index (κ1) is 16.0. The van der Waals surface area contributed by atoms with E-state index in [1.165, 1.54) is 32.1 Å². The van der Waals surface area contributed by atoms with Gasteiger partial charge in [0.05, 0.1) is 0 Å². The minimum absolute atomic E-state index is 0.0210. The molecule has 0 rings (SSSR count). The average molecular weight is 240 g/mol. The number of carboxylic acid groups (broad SMARTS) is 1. The Bertz CT molecular complexity index is 250. The van der Waals surface area contributed by atoms with Gasteiger partial charge in [0.1, 0.15) is 6.10 Å². The first-order chi connectivity index (χ1) is 8.16. The van der Waals surface area contributed by atoms with Crippen LogP contribution in [0.15, 0.2) is 0 Å². The number of carboxylic acids is 1. The van der Waals surface area contributed by atoms with Crippen molar-refractivity contribution in [2.24, 2.45) is 0 Å². The van der Waals surface area contributed by atoms with Crippen molar-refractivity contribution in [1.82, 2.24) is 0 Å². The Balaban J connectivity index is 3.37. The van der Waals surface area contributed by atoms with E-state index >= 15 is 0 Å². The molecule has 0 bridgehead atoms. The molecule has 0 saturated carbocycles. The molecule has 2 N–H and O–H groups in total. The van der Waals surface area contributed by atoms with E-state index in [2.05, 4.69) is 18.8 Å². The zero-order chi connectivity index (χ0) is 12.9. The van der Waals surface area contributed by atoms with Gasteiger partial charge in [-0.15, -0.1) is 5.92 Å². The van der Waals surface area contributed by atoms with Gasteiger partial charge in [-0.05, 0) is 12.8 Å². The summed E-state index contributed by atoms with van der Waals surface area (Å²) in [6.07, 6.45) is 7.60. The van der Waals surface area contributed by atoms with Crippen LogP contribution in [0, 0.1) is 11.8 Å². The van der Waals surface area contributed by atoms with E-state index in [0.29, 0.717) is 0 Å². The van der Waals surface area contributed by atoms with Crippen LogP contribution in [-0.2, 0) is 4.79 Å². The first-order valence-electron chi connectivity index (χ1n) is 6.55. The SMILES string of the molecule is CCCCCCCCC#C[C@H](O)CCC(=O)O. The van der Waals surface area contributed by atoms with Crippen molar-refractivity contribution in [3.05, 3.63) is 0 Å². The molecule has 98 valence electrons. The maximum Gasteiger partial charge on any atom is 0.303 e. The van der Waals surface area contributed by atoms with Crippen molar-refractivity contribution in [2.75, 3.05) is 0 Å². The van der Waals surface area contributed by atoms with E-state index in [-0.39, 0.29) is 12.8 Å². The predicted octanol–water partition coefficient (Wildman–Crippen LogP) is 2.97. The molecular formula is C14H24O3. The third kappa shape index (κ3) is 12.9. The summed E-state index contributed by atoms with van der Waals surface area (Å²) in [5, 5.41) is 17.7. The van der Waals surface area contributed by atoms with Crippen LogP contribution in [-0.4, -0.2) is 22.3 Å². The van der Waals surface area contributed by atoms with Gasteiger partial charge in [0.25, 0.3) is 0 Å². The van der Waals surface area contributed by atoms with E-state index in [9.17, 15) is 9.90 Å². The summed E-state index contributed by atoms with van der Waals surface area (Å²) in [7, 11) is 0. The summed E-state index contributed by atoms with van der Waals surface area (Å²) in [5.41, 5.74) is 0. The van der Waals surface area contributed by atoms with E-state index in [1.54, 1.807) is 0 Å². The van der Waals surface area contributed by atoms with Crippen molar-refractivity contribution in [3.63, 3.8) is 0 Å². The number of hydrogen-bond acceptors (Lipinski definition) is 2. The third-order valence-corrected chi connectivity index (χ3v) is 2.56. The van der Waals surface area contributed by atoms with E-state index < -0.39 is 12.1 Å². The summed E-state index contributed by atoms with van der Waals surface area (Å²) in [4.78, 5) is 10.2. The standard InChI is InChI=1S/C14H24O3/c1-2-3-4-5-6-7-8-9-10-13(15)11-12-14(16)17/h13,15H,2-8,11-12H2,1H3,(H,16,17)/t13-/m0/s1. The zero-order valence-corrected chi connectivity index (χ0v) is 10.7. The fourth-order valence-corrected chi connectivity index (χ4v) is 1.52. The lowest BCUT2D eigenvalue weighted by Crippen LogP contribution is -2.06. The Morgan fingerprint density at radius 3 is 2.47 bits per heavy atom. The second kappa shape index (κ2) is 11.5. The van der Waals surface area contributed by atoms with Crippen LogP contribution < -0.4 is 0 Å². The number of unbranched alkanes of at least 4 members (excludes halogenated alkanes) is 6. The minimum atomic E-state index is -0.887. The molecule has 0 unspecified atom stereocenters. The summed E-state index contributed by atoms with van der Waals surface area (Å²) in [6, 6.07) is 0. The average Bonchev–Trinajstić information content (AvgIpc) is 2.30. The van der Waals surface area contributed by atoms with Crippen molar-refractivity contribution in [2.45, 2.75) is 70.8 Å². The molecule has 1 atom stereocenters. The lowest BCUT2D eigenvalue weighted by atomic mass is 10.1. The number of carbonyl (C=O) groups is 1. The molecule has 3 nitrogen and oxygen atoms in total. The predicted molar refractivity (Wildman–Crippen MR) is 68.6 cm³/mol. The van der Waals surface area contributed by atoms with Gasteiger partial charge in [0.2, 0.25) is 0 Å². The molecule has 0 aromatic carbocycles. The molecule has 17 heavy (non-hydrogen) atoms. The van der Waals surface area contributed by atoms with Crippen LogP contribution in [0.5, 0.6) is 0 Å². The van der Waals surface area contributed by atoms with E-state index in [1.807, 2.05) is 0 Å². The normalized spacial score (nSPS) is 11.6.